The average Bonchev–Trinajstić information content (AvgIpc) is 2.26. The van der Waals surface area contributed by atoms with Gasteiger partial charge >= 0.3 is 0 Å². The lowest BCUT2D eigenvalue weighted by Crippen LogP contribution is -2.16. The van der Waals surface area contributed by atoms with Gasteiger partial charge in [-0.15, -0.1) is 0 Å². The summed E-state index contributed by atoms with van der Waals surface area (Å²) in [5.74, 6) is 0.740. The molecule has 1 aliphatic rings. The fourth-order valence-corrected chi connectivity index (χ4v) is 3.06. The van der Waals surface area contributed by atoms with Crippen LogP contribution in [0.5, 0.6) is 5.75 Å². The SMILES string of the molecule is O=C1c2ccccc2OC(Br)CC1Br. The van der Waals surface area contributed by atoms with E-state index >= 15 is 0 Å². The molecule has 14 heavy (non-hydrogen) atoms. The van der Waals surface area contributed by atoms with Crippen molar-refractivity contribution >= 4 is 37.6 Å². The Morgan fingerprint density at radius 3 is 2.79 bits per heavy atom. The second-order valence-electron chi connectivity index (χ2n) is 3.09. The van der Waals surface area contributed by atoms with Crippen LogP contribution in [0.2, 0.25) is 0 Å². The summed E-state index contributed by atoms with van der Waals surface area (Å²) in [5, 5.41) is -0.112. The van der Waals surface area contributed by atoms with Crippen LogP contribution < -0.4 is 4.74 Å². The van der Waals surface area contributed by atoms with Crippen LogP contribution in [0.15, 0.2) is 24.3 Å². The smallest absolute Gasteiger partial charge is 0.180 e. The van der Waals surface area contributed by atoms with Crippen LogP contribution in [0.1, 0.15) is 16.8 Å². The van der Waals surface area contributed by atoms with E-state index in [1.165, 1.54) is 0 Å². The first-order valence-corrected chi connectivity index (χ1v) is 6.09. The van der Waals surface area contributed by atoms with Crippen LogP contribution in [0.25, 0.3) is 0 Å². The standard InChI is InChI=1S/C10H8Br2O2/c11-7-5-9(12)14-8-4-2-1-3-6(8)10(7)13/h1-4,7,9H,5H2. The molecule has 0 saturated carbocycles. The normalized spacial score (nSPS) is 26.3. The van der Waals surface area contributed by atoms with Gasteiger partial charge in [0.05, 0.1) is 10.4 Å². The first-order valence-electron chi connectivity index (χ1n) is 4.26. The molecule has 0 spiro atoms. The molecule has 2 unspecified atom stereocenters. The lowest BCUT2D eigenvalue weighted by atomic mass is 10.1. The third kappa shape index (κ3) is 1.86. The molecule has 0 radical (unpaired) electrons. The van der Waals surface area contributed by atoms with E-state index in [-0.39, 0.29) is 15.6 Å². The molecular weight excluding hydrogens is 312 g/mol. The van der Waals surface area contributed by atoms with Gasteiger partial charge in [0, 0.05) is 6.42 Å². The molecule has 0 aliphatic carbocycles. The van der Waals surface area contributed by atoms with Crippen molar-refractivity contribution in [1.82, 2.24) is 0 Å². The molecule has 1 aromatic carbocycles. The number of hydrogen-bond donors (Lipinski definition) is 0. The van der Waals surface area contributed by atoms with Crippen LogP contribution in [-0.2, 0) is 0 Å². The third-order valence-electron chi connectivity index (χ3n) is 2.08. The Morgan fingerprint density at radius 1 is 1.29 bits per heavy atom. The summed E-state index contributed by atoms with van der Waals surface area (Å²) in [5.41, 5.74) is 0.649. The number of fused-ring (bicyclic) bond motifs is 1. The van der Waals surface area contributed by atoms with Gasteiger partial charge in [-0.05, 0) is 28.1 Å². The summed E-state index contributed by atoms with van der Waals surface area (Å²) in [6, 6.07) is 7.30. The fraction of sp³-hybridized carbons (Fsp3) is 0.300. The van der Waals surface area contributed by atoms with Gasteiger partial charge in [0.2, 0.25) is 0 Å². The van der Waals surface area contributed by atoms with Crippen molar-refractivity contribution in [1.29, 1.82) is 0 Å². The predicted octanol–water partition coefficient (Wildman–Crippen LogP) is 3.14. The van der Waals surface area contributed by atoms with E-state index in [0.717, 1.165) is 0 Å². The van der Waals surface area contributed by atoms with E-state index in [1.807, 2.05) is 18.2 Å². The zero-order valence-corrected chi connectivity index (χ0v) is 10.4. The Bertz CT molecular complexity index is 365. The molecule has 2 nitrogen and oxygen atoms in total. The fourth-order valence-electron chi connectivity index (χ4n) is 1.40. The highest BCUT2D eigenvalue weighted by molar-refractivity contribution is 9.10. The van der Waals surface area contributed by atoms with Crippen LogP contribution in [-0.4, -0.2) is 15.6 Å². The Hall–Kier alpha value is -0.350. The molecule has 2 atom stereocenters. The molecule has 0 amide bonds. The lowest BCUT2D eigenvalue weighted by molar-refractivity contribution is 0.0991. The van der Waals surface area contributed by atoms with Crippen LogP contribution in [0.4, 0.5) is 0 Å². The van der Waals surface area contributed by atoms with Gasteiger partial charge in [0.25, 0.3) is 0 Å². The van der Waals surface area contributed by atoms with Crippen LogP contribution >= 0.6 is 31.9 Å². The monoisotopic (exact) mass is 318 g/mol. The number of carbonyl (C=O) groups excluding carboxylic acids is 1. The van der Waals surface area contributed by atoms with Crippen molar-refractivity contribution in [2.24, 2.45) is 0 Å². The number of ether oxygens (including phenoxy) is 1. The first-order chi connectivity index (χ1) is 6.68. The molecule has 0 fully saturated rings. The topological polar surface area (TPSA) is 26.3 Å². The highest BCUT2D eigenvalue weighted by Gasteiger charge is 2.27. The number of hydrogen-bond acceptors (Lipinski definition) is 2. The Morgan fingerprint density at radius 2 is 2.00 bits per heavy atom. The molecule has 74 valence electrons. The van der Waals surface area contributed by atoms with Crippen molar-refractivity contribution in [3.05, 3.63) is 29.8 Å². The summed E-state index contributed by atoms with van der Waals surface area (Å²) in [4.78, 5) is 11.7. The highest BCUT2D eigenvalue weighted by Crippen LogP contribution is 2.31. The zero-order valence-electron chi connectivity index (χ0n) is 7.24. The minimum Gasteiger partial charge on any atom is -0.478 e. The van der Waals surface area contributed by atoms with E-state index in [1.54, 1.807) is 6.07 Å². The number of benzene rings is 1. The van der Waals surface area contributed by atoms with E-state index in [2.05, 4.69) is 31.9 Å². The summed E-state index contributed by atoms with van der Waals surface area (Å²) in [6.07, 6.45) is 0.632. The average molecular weight is 320 g/mol. The highest BCUT2D eigenvalue weighted by atomic mass is 79.9. The Labute approximate surface area is 98.9 Å². The minimum atomic E-state index is -0.171. The summed E-state index contributed by atoms with van der Waals surface area (Å²) >= 11 is 6.73. The largest absolute Gasteiger partial charge is 0.478 e. The molecule has 0 aromatic heterocycles. The van der Waals surface area contributed by atoms with Gasteiger partial charge in [-0.3, -0.25) is 4.79 Å². The second kappa shape index (κ2) is 4.03. The van der Waals surface area contributed by atoms with Gasteiger partial charge in [-0.25, -0.2) is 0 Å². The molecule has 0 N–H and O–H groups in total. The van der Waals surface area contributed by atoms with E-state index in [0.29, 0.717) is 17.7 Å². The van der Waals surface area contributed by atoms with Gasteiger partial charge in [-0.2, -0.15) is 0 Å². The minimum absolute atomic E-state index is 0.0857. The number of Topliss-reactive ketones (excluding diaryl/α,β-unsaturated/α-hetero) is 1. The Balaban J connectivity index is 2.46. The van der Waals surface area contributed by atoms with Gasteiger partial charge in [0.1, 0.15) is 5.75 Å². The molecule has 0 saturated heterocycles. The molecule has 4 heteroatoms. The van der Waals surface area contributed by atoms with Gasteiger partial charge < -0.3 is 4.74 Å². The number of para-hydroxylation sites is 1. The first kappa shape index (κ1) is 10.2. The van der Waals surface area contributed by atoms with E-state index in [9.17, 15) is 4.79 Å². The molecule has 1 aromatic rings. The molecule has 1 heterocycles. The van der Waals surface area contributed by atoms with Gasteiger partial charge in [-0.1, -0.05) is 28.1 Å². The maximum Gasteiger partial charge on any atom is 0.180 e. The number of rotatable bonds is 0. The summed E-state index contributed by atoms with van der Waals surface area (Å²) in [6.45, 7) is 0. The van der Waals surface area contributed by atoms with E-state index in [4.69, 9.17) is 4.74 Å². The predicted molar refractivity (Wildman–Crippen MR) is 61.4 cm³/mol. The van der Waals surface area contributed by atoms with E-state index < -0.39 is 0 Å². The van der Waals surface area contributed by atoms with Crippen molar-refractivity contribution in [2.45, 2.75) is 16.3 Å². The number of alkyl halides is 2. The quantitative estimate of drug-likeness (QED) is 0.687. The Kier molecular flexibility index (Phi) is 2.93. The third-order valence-corrected chi connectivity index (χ3v) is 3.43. The zero-order chi connectivity index (χ0) is 10.1. The summed E-state index contributed by atoms with van der Waals surface area (Å²) in [7, 11) is 0. The maximum absolute atomic E-state index is 11.8. The van der Waals surface area contributed by atoms with Gasteiger partial charge in [0.15, 0.2) is 10.8 Å². The number of halogens is 2. The van der Waals surface area contributed by atoms with Crippen molar-refractivity contribution in [3.8, 4) is 5.75 Å². The van der Waals surface area contributed by atoms with Crippen molar-refractivity contribution in [2.75, 3.05) is 0 Å². The number of ketones is 1. The maximum atomic E-state index is 11.8. The second-order valence-corrected chi connectivity index (χ2v) is 5.22. The van der Waals surface area contributed by atoms with Crippen LogP contribution in [0, 0.1) is 0 Å². The summed E-state index contributed by atoms with van der Waals surface area (Å²) < 4.78 is 5.56. The molecule has 2 rings (SSSR count). The molecule has 1 aliphatic heterocycles. The van der Waals surface area contributed by atoms with Crippen molar-refractivity contribution < 1.29 is 9.53 Å². The molecular formula is C10H8Br2O2. The van der Waals surface area contributed by atoms with Crippen LogP contribution in [0.3, 0.4) is 0 Å². The molecule has 0 bridgehead atoms. The lowest BCUT2D eigenvalue weighted by Gasteiger charge is -2.09. The number of carbonyl (C=O) groups is 1. The van der Waals surface area contributed by atoms with Crippen molar-refractivity contribution in [3.63, 3.8) is 0 Å².